The Bertz CT molecular complexity index is 2460. The van der Waals surface area contributed by atoms with Gasteiger partial charge in [0.05, 0.1) is 33.6 Å². The molecule has 8 rings (SSSR count). The lowest BCUT2D eigenvalue weighted by molar-refractivity contribution is -0.385. The average molecular weight is 710 g/mol. The zero-order valence-electron chi connectivity index (χ0n) is 29.2. The highest BCUT2D eigenvalue weighted by Gasteiger charge is 2.31. The van der Waals surface area contributed by atoms with Gasteiger partial charge in [-0.2, -0.15) is 0 Å². The van der Waals surface area contributed by atoms with Crippen LogP contribution < -0.4 is 24.8 Å². The molecule has 0 aliphatic carbocycles. The fourth-order valence-electron chi connectivity index (χ4n) is 7.97. The molecule has 0 radical (unpaired) electrons. The molecular weight excluding hydrogens is 672 g/mol. The maximum atomic E-state index is 13.4. The molecule has 3 heterocycles. The number of carbonyl (C=O) groups is 1. The first-order chi connectivity index (χ1) is 25.8. The lowest BCUT2D eigenvalue weighted by Crippen LogP contribution is -2.39. The Hall–Kier alpha value is -6.36. The van der Waals surface area contributed by atoms with Crippen LogP contribution in [0, 0.1) is 20.2 Å². The van der Waals surface area contributed by atoms with Gasteiger partial charge in [-0.1, -0.05) is 48.5 Å². The van der Waals surface area contributed by atoms with Crippen LogP contribution in [0.3, 0.4) is 0 Å². The first kappa shape index (κ1) is 33.8. The van der Waals surface area contributed by atoms with Gasteiger partial charge in [-0.3, -0.25) is 20.2 Å². The lowest BCUT2D eigenvalue weighted by Gasteiger charge is -2.33. The monoisotopic (exact) mass is 709 g/mol. The van der Waals surface area contributed by atoms with E-state index in [1.807, 2.05) is 42.5 Å². The summed E-state index contributed by atoms with van der Waals surface area (Å²) in [5.41, 5.74) is 7.49. The predicted octanol–water partition coefficient (Wildman–Crippen LogP) is 6.62. The van der Waals surface area contributed by atoms with Gasteiger partial charge in [0.25, 0.3) is 11.4 Å². The molecule has 0 saturated heterocycles. The summed E-state index contributed by atoms with van der Waals surface area (Å²) < 4.78 is 14.5. The van der Waals surface area contributed by atoms with E-state index in [2.05, 4.69) is 21.6 Å². The van der Waals surface area contributed by atoms with Crippen molar-refractivity contribution in [2.45, 2.75) is 45.7 Å². The molecule has 0 N–H and O–H groups in total. The zero-order valence-corrected chi connectivity index (χ0v) is 29.2. The van der Waals surface area contributed by atoms with Crippen LogP contribution in [0.25, 0.3) is 5.57 Å². The summed E-state index contributed by atoms with van der Waals surface area (Å²) in [6.45, 7) is 4.23. The van der Waals surface area contributed by atoms with Gasteiger partial charge in [0, 0.05) is 70.9 Å². The number of hydrogen-bond donors (Lipinski definition) is 0. The van der Waals surface area contributed by atoms with E-state index in [0.717, 1.165) is 82.9 Å². The Morgan fingerprint density at radius 3 is 2.28 bits per heavy atom. The van der Waals surface area contributed by atoms with Crippen LogP contribution in [0.4, 0.5) is 17.1 Å². The maximum absolute atomic E-state index is 13.4. The number of aryl methyl sites for hydroxylation is 2. The summed E-state index contributed by atoms with van der Waals surface area (Å²) >= 11 is 0. The van der Waals surface area contributed by atoms with Crippen molar-refractivity contribution >= 4 is 28.6 Å². The third-order valence-corrected chi connectivity index (χ3v) is 10.3. The fourth-order valence-corrected chi connectivity index (χ4v) is 7.97. The largest absolute Gasteiger partial charge is 0.462 e. The van der Waals surface area contributed by atoms with Gasteiger partial charge < -0.3 is 14.4 Å². The number of hydrogen-bond acceptors (Lipinski definition) is 8. The van der Waals surface area contributed by atoms with E-state index in [1.165, 1.54) is 12.1 Å². The number of para-hydroxylation sites is 2. The molecule has 0 aromatic heterocycles. The maximum Gasteiger partial charge on any atom is 0.338 e. The number of nitrogens with zero attached hydrogens (tertiary/aromatic N) is 4. The average Bonchev–Trinajstić information content (AvgIpc) is 3.16. The molecule has 0 atom stereocenters. The number of benzene rings is 5. The van der Waals surface area contributed by atoms with Crippen molar-refractivity contribution in [1.29, 1.82) is 0 Å². The summed E-state index contributed by atoms with van der Waals surface area (Å²) in [6.07, 6.45) is 3.39. The van der Waals surface area contributed by atoms with Crippen LogP contribution in [0.2, 0.25) is 0 Å². The second-order valence-electron chi connectivity index (χ2n) is 13.5. The molecule has 3 aliphatic heterocycles. The molecule has 0 amide bonds. The summed E-state index contributed by atoms with van der Waals surface area (Å²) in [7, 11) is 0. The normalized spacial score (nSPS) is 14.3. The minimum absolute atomic E-state index is 0.0871. The van der Waals surface area contributed by atoms with E-state index in [1.54, 1.807) is 37.3 Å². The second-order valence-corrected chi connectivity index (χ2v) is 13.5. The zero-order chi connectivity index (χ0) is 36.6. The van der Waals surface area contributed by atoms with Crippen LogP contribution in [-0.4, -0.2) is 35.5 Å². The lowest BCUT2D eigenvalue weighted by atomic mass is 9.86. The predicted molar refractivity (Wildman–Crippen MR) is 200 cm³/mol. The molecule has 53 heavy (non-hydrogen) atoms. The van der Waals surface area contributed by atoms with Crippen LogP contribution >= 0.6 is 0 Å². The molecule has 5 aromatic rings. The minimum atomic E-state index is -0.410. The highest BCUT2D eigenvalue weighted by atomic mass is 16.6. The number of fused-ring (bicyclic) bond motifs is 4. The van der Waals surface area contributed by atoms with Crippen molar-refractivity contribution in [2.24, 2.45) is 0 Å². The summed E-state index contributed by atoms with van der Waals surface area (Å²) in [6, 6.07) is 29.5. The highest BCUT2D eigenvalue weighted by Crippen LogP contribution is 2.43. The van der Waals surface area contributed by atoms with Gasteiger partial charge in [0.2, 0.25) is 5.36 Å². The molecule has 5 aromatic carbocycles. The summed E-state index contributed by atoms with van der Waals surface area (Å²) in [5.74, 6) is 0.813. The highest BCUT2D eigenvalue weighted by molar-refractivity contribution is 5.99. The molecule has 11 heteroatoms. The van der Waals surface area contributed by atoms with E-state index in [0.29, 0.717) is 41.3 Å². The molecule has 0 saturated carbocycles. The number of ether oxygens (including phenoxy) is 2. The van der Waals surface area contributed by atoms with Crippen LogP contribution in [0.1, 0.15) is 63.5 Å². The van der Waals surface area contributed by atoms with Crippen molar-refractivity contribution in [2.75, 3.05) is 24.6 Å². The Morgan fingerprint density at radius 2 is 1.51 bits per heavy atom. The third kappa shape index (κ3) is 6.28. The van der Waals surface area contributed by atoms with Crippen molar-refractivity contribution in [3.8, 4) is 11.5 Å². The Balaban J connectivity index is 1.33. The van der Waals surface area contributed by atoms with Crippen LogP contribution in [0.15, 0.2) is 97.1 Å². The minimum Gasteiger partial charge on any atom is -0.462 e. The van der Waals surface area contributed by atoms with Gasteiger partial charge in [-0.15, -0.1) is 0 Å². The SMILES string of the molecule is CCOC(=O)c1ccccc1C1=c2cc3c(cc2Oc2cc4c(cc21)CCCN4Cc1ccccc1[N+](=O)[O-])=[N+](Cc1ccccc1[N+](=O)[O-])CCC3. The molecule has 0 spiro atoms. The van der Waals surface area contributed by atoms with Crippen molar-refractivity contribution < 1.29 is 24.1 Å². The van der Waals surface area contributed by atoms with Crippen molar-refractivity contribution in [3.63, 3.8) is 0 Å². The Morgan fingerprint density at radius 1 is 0.811 bits per heavy atom. The molecule has 266 valence electrons. The number of nitro benzene ring substituents is 2. The Labute approximate surface area is 305 Å². The number of esters is 1. The van der Waals surface area contributed by atoms with Crippen LogP contribution in [0.5, 0.6) is 11.5 Å². The molecular formula is C42H37N4O7+. The van der Waals surface area contributed by atoms with E-state index in [4.69, 9.17) is 9.47 Å². The molecule has 0 bridgehead atoms. The number of rotatable bonds is 9. The van der Waals surface area contributed by atoms with Gasteiger partial charge in [0.1, 0.15) is 18.0 Å². The molecule has 0 unspecified atom stereocenters. The van der Waals surface area contributed by atoms with E-state index in [9.17, 15) is 25.0 Å². The van der Waals surface area contributed by atoms with Crippen molar-refractivity contribution in [1.82, 2.24) is 4.58 Å². The van der Waals surface area contributed by atoms with E-state index >= 15 is 0 Å². The quantitative estimate of drug-likeness (QED) is 0.0709. The number of anilines is 1. The smallest absolute Gasteiger partial charge is 0.338 e. The number of carbonyl (C=O) groups excluding carboxylic acids is 1. The first-order valence-corrected chi connectivity index (χ1v) is 17.9. The van der Waals surface area contributed by atoms with Crippen molar-refractivity contribution in [3.05, 3.63) is 167 Å². The van der Waals surface area contributed by atoms with Gasteiger partial charge in [-0.25, -0.2) is 9.37 Å². The summed E-state index contributed by atoms with van der Waals surface area (Å²) in [5, 5.41) is 25.6. The molecule has 0 fully saturated rings. The molecule has 11 nitrogen and oxygen atoms in total. The van der Waals surface area contributed by atoms with Gasteiger partial charge in [-0.05, 0) is 61.6 Å². The Kier molecular flexibility index (Phi) is 8.91. The van der Waals surface area contributed by atoms with E-state index in [-0.39, 0.29) is 27.8 Å². The topological polar surface area (TPSA) is 128 Å². The summed E-state index contributed by atoms with van der Waals surface area (Å²) in [4.78, 5) is 38.7. The fraction of sp³-hybridized carbons (Fsp3) is 0.238. The van der Waals surface area contributed by atoms with E-state index < -0.39 is 5.97 Å². The third-order valence-electron chi connectivity index (χ3n) is 10.3. The standard InChI is InChI=1S/C42H37N4O7/c1-2-52-42(47)32-16-6-5-15-31(32)41-33-21-27-13-9-19-43(25-29-11-3-7-17-35(29)45(48)49)37(27)23-39(33)53-40-24-38-28(22-34(40)41)14-10-20-44(38)26-30-12-4-8-18-36(30)46(50)51/h3-8,11-12,15-18,21-24H,2,9-10,13-14,19-20,25-26H2,1H3/q+1. The second kappa shape index (κ2) is 14.0. The van der Waals surface area contributed by atoms with Crippen LogP contribution in [-0.2, 0) is 30.7 Å². The van der Waals surface area contributed by atoms with Gasteiger partial charge in [0.15, 0.2) is 6.54 Å². The van der Waals surface area contributed by atoms with Gasteiger partial charge >= 0.3 is 5.97 Å². The number of nitro groups is 2. The molecule has 3 aliphatic rings. The first-order valence-electron chi connectivity index (χ1n) is 17.9.